The molecule has 2 atom stereocenters. The molecule has 1 aromatic heterocycles. The quantitative estimate of drug-likeness (QED) is 0.676. The molecule has 4 N–H and O–H groups in total. The number of nitrogens with zero attached hydrogens (tertiary/aromatic N) is 1. The first-order valence-corrected chi connectivity index (χ1v) is 4.79. The van der Waals surface area contributed by atoms with Crippen molar-refractivity contribution in [2.75, 3.05) is 11.1 Å². The van der Waals surface area contributed by atoms with Gasteiger partial charge in [0.15, 0.2) is 0 Å². The zero-order chi connectivity index (χ0) is 10.6. The first-order chi connectivity index (χ1) is 6.63. The van der Waals surface area contributed by atoms with Crippen molar-refractivity contribution in [1.82, 2.24) is 4.98 Å². The highest BCUT2D eigenvalue weighted by Gasteiger charge is 2.11. The Kier molecular flexibility index (Phi) is 3.71. The summed E-state index contributed by atoms with van der Waals surface area (Å²) >= 11 is 0. The fraction of sp³-hybridized carbons (Fsp3) is 0.500. The molecule has 0 spiro atoms. The third-order valence-corrected chi connectivity index (χ3v) is 2.16. The SMILES string of the molecule is CCC(Nc1ccc(N)nc1)C(C)O. The molecule has 78 valence electrons. The van der Waals surface area contributed by atoms with E-state index in [0.717, 1.165) is 12.1 Å². The van der Waals surface area contributed by atoms with Crippen molar-refractivity contribution < 1.29 is 5.11 Å². The minimum Gasteiger partial charge on any atom is -0.391 e. The second-order valence-electron chi connectivity index (χ2n) is 3.37. The Labute approximate surface area is 84.2 Å². The molecule has 4 nitrogen and oxygen atoms in total. The number of aliphatic hydroxyl groups excluding tert-OH is 1. The molecule has 14 heavy (non-hydrogen) atoms. The van der Waals surface area contributed by atoms with Gasteiger partial charge in [0.2, 0.25) is 0 Å². The molecule has 1 heterocycles. The number of nitrogens with one attached hydrogen (secondary N) is 1. The first-order valence-electron chi connectivity index (χ1n) is 4.79. The number of hydrogen-bond donors (Lipinski definition) is 3. The average molecular weight is 195 g/mol. The molecular formula is C10H17N3O. The Morgan fingerprint density at radius 3 is 2.71 bits per heavy atom. The van der Waals surface area contributed by atoms with Crippen LogP contribution in [0.4, 0.5) is 11.5 Å². The average Bonchev–Trinajstić information content (AvgIpc) is 2.16. The van der Waals surface area contributed by atoms with Gasteiger partial charge >= 0.3 is 0 Å². The van der Waals surface area contributed by atoms with Gasteiger partial charge in [-0.25, -0.2) is 4.98 Å². The third-order valence-electron chi connectivity index (χ3n) is 2.16. The number of rotatable bonds is 4. The molecule has 0 saturated carbocycles. The van der Waals surface area contributed by atoms with Gasteiger partial charge in [0.25, 0.3) is 0 Å². The lowest BCUT2D eigenvalue weighted by Gasteiger charge is -2.20. The van der Waals surface area contributed by atoms with Gasteiger partial charge in [0, 0.05) is 0 Å². The van der Waals surface area contributed by atoms with E-state index in [1.54, 1.807) is 19.2 Å². The largest absolute Gasteiger partial charge is 0.391 e. The fourth-order valence-corrected chi connectivity index (χ4v) is 1.27. The van der Waals surface area contributed by atoms with Crippen LogP contribution in [0.15, 0.2) is 18.3 Å². The molecule has 0 aromatic carbocycles. The summed E-state index contributed by atoms with van der Waals surface area (Å²) in [7, 11) is 0. The van der Waals surface area contributed by atoms with E-state index in [0.29, 0.717) is 5.82 Å². The summed E-state index contributed by atoms with van der Waals surface area (Å²) in [5, 5.41) is 12.6. The van der Waals surface area contributed by atoms with Gasteiger partial charge in [-0.1, -0.05) is 6.92 Å². The normalized spacial score (nSPS) is 14.8. The smallest absolute Gasteiger partial charge is 0.123 e. The summed E-state index contributed by atoms with van der Waals surface area (Å²) in [6.07, 6.45) is 2.15. The van der Waals surface area contributed by atoms with Gasteiger partial charge in [0.1, 0.15) is 5.82 Å². The molecule has 1 rings (SSSR count). The molecule has 1 aromatic rings. The Morgan fingerprint density at radius 2 is 2.29 bits per heavy atom. The highest BCUT2D eigenvalue weighted by Crippen LogP contribution is 2.11. The predicted octanol–water partition coefficient (Wildman–Crippen LogP) is 1.24. The minimum absolute atomic E-state index is 0.0559. The summed E-state index contributed by atoms with van der Waals surface area (Å²) in [5.41, 5.74) is 6.34. The van der Waals surface area contributed by atoms with E-state index < -0.39 is 0 Å². The maximum atomic E-state index is 9.42. The maximum Gasteiger partial charge on any atom is 0.123 e. The highest BCUT2D eigenvalue weighted by molar-refractivity contribution is 5.46. The summed E-state index contributed by atoms with van der Waals surface area (Å²) in [5.74, 6) is 0.501. The van der Waals surface area contributed by atoms with Crippen LogP contribution in [0.3, 0.4) is 0 Å². The van der Waals surface area contributed by atoms with Crippen LogP contribution in [-0.4, -0.2) is 22.2 Å². The minimum atomic E-state index is -0.377. The second-order valence-corrected chi connectivity index (χ2v) is 3.37. The van der Waals surface area contributed by atoms with E-state index in [4.69, 9.17) is 5.73 Å². The van der Waals surface area contributed by atoms with Crippen molar-refractivity contribution in [2.24, 2.45) is 0 Å². The number of nitrogen functional groups attached to an aromatic ring is 1. The van der Waals surface area contributed by atoms with Crippen LogP contribution in [0.25, 0.3) is 0 Å². The van der Waals surface area contributed by atoms with E-state index in [9.17, 15) is 5.11 Å². The van der Waals surface area contributed by atoms with Crippen molar-refractivity contribution >= 4 is 11.5 Å². The first kappa shape index (κ1) is 10.8. The fourth-order valence-electron chi connectivity index (χ4n) is 1.27. The van der Waals surface area contributed by atoms with Crippen molar-refractivity contribution in [1.29, 1.82) is 0 Å². The van der Waals surface area contributed by atoms with E-state index in [2.05, 4.69) is 10.3 Å². The van der Waals surface area contributed by atoms with Gasteiger partial charge in [-0.3, -0.25) is 0 Å². The molecular weight excluding hydrogens is 178 g/mol. The Morgan fingerprint density at radius 1 is 1.57 bits per heavy atom. The highest BCUT2D eigenvalue weighted by atomic mass is 16.3. The summed E-state index contributed by atoms with van der Waals surface area (Å²) in [6.45, 7) is 3.79. The zero-order valence-electron chi connectivity index (χ0n) is 8.57. The van der Waals surface area contributed by atoms with E-state index in [1.165, 1.54) is 0 Å². The molecule has 0 saturated heterocycles. The standard InChI is InChI=1S/C10H17N3O/c1-3-9(7(2)14)13-8-4-5-10(11)12-6-8/h4-7,9,13-14H,3H2,1-2H3,(H2,11,12). The number of aromatic nitrogens is 1. The van der Waals surface area contributed by atoms with Crippen LogP contribution >= 0.6 is 0 Å². The van der Waals surface area contributed by atoms with Crippen molar-refractivity contribution in [3.63, 3.8) is 0 Å². The number of nitrogens with two attached hydrogens (primary N) is 1. The Balaban J connectivity index is 2.63. The summed E-state index contributed by atoms with van der Waals surface area (Å²) < 4.78 is 0. The van der Waals surface area contributed by atoms with Gasteiger partial charge in [-0.2, -0.15) is 0 Å². The van der Waals surface area contributed by atoms with Crippen LogP contribution in [0.5, 0.6) is 0 Å². The molecule has 0 aliphatic rings. The van der Waals surface area contributed by atoms with Crippen LogP contribution in [0.2, 0.25) is 0 Å². The van der Waals surface area contributed by atoms with Gasteiger partial charge in [-0.05, 0) is 25.5 Å². The molecule has 0 aliphatic heterocycles. The van der Waals surface area contributed by atoms with Crippen molar-refractivity contribution in [3.8, 4) is 0 Å². The summed E-state index contributed by atoms with van der Waals surface area (Å²) in [6, 6.07) is 3.64. The van der Waals surface area contributed by atoms with Gasteiger partial charge < -0.3 is 16.2 Å². The van der Waals surface area contributed by atoms with E-state index >= 15 is 0 Å². The van der Waals surface area contributed by atoms with Crippen LogP contribution in [0, 0.1) is 0 Å². The number of aliphatic hydroxyl groups is 1. The van der Waals surface area contributed by atoms with Gasteiger partial charge in [0.05, 0.1) is 24.0 Å². The number of pyridine rings is 1. The molecule has 4 heteroatoms. The van der Waals surface area contributed by atoms with Crippen LogP contribution in [-0.2, 0) is 0 Å². The Bertz CT molecular complexity index is 271. The van der Waals surface area contributed by atoms with Crippen LogP contribution in [0.1, 0.15) is 20.3 Å². The molecule has 0 amide bonds. The van der Waals surface area contributed by atoms with E-state index in [-0.39, 0.29) is 12.1 Å². The van der Waals surface area contributed by atoms with E-state index in [1.807, 2.05) is 13.0 Å². The second kappa shape index (κ2) is 4.81. The third kappa shape index (κ3) is 2.88. The lowest BCUT2D eigenvalue weighted by Crippen LogP contribution is -2.30. The van der Waals surface area contributed by atoms with Gasteiger partial charge in [-0.15, -0.1) is 0 Å². The molecule has 0 radical (unpaired) electrons. The number of hydrogen-bond acceptors (Lipinski definition) is 4. The monoisotopic (exact) mass is 195 g/mol. The molecule has 0 bridgehead atoms. The molecule has 0 fully saturated rings. The predicted molar refractivity (Wildman–Crippen MR) is 58.0 cm³/mol. The summed E-state index contributed by atoms with van der Waals surface area (Å²) in [4.78, 5) is 3.96. The lowest BCUT2D eigenvalue weighted by molar-refractivity contribution is 0.169. The molecule has 0 aliphatic carbocycles. The lowest BCUT2D eigenvalue weighted by atomic mass is 10.1. The maximum absolute atomic E-state index is 9.42. The van der Waals surface area contributed by atoms with Crippen molar-refractivity contribution in [3.05, 3.63) is 18.3 Å². The Hall–Kier alpha value is -1.29. The molecule has 2 unspecified atom stereocenters. The zero-order valence-corrected chi connectivity index (χ0v) is 8.57. The van der Waals surface area contributed by atoms with Crippen molar-refractivity contribution in [2.45, 2.75) is 32.4 Å². The topological polar surface area (TPSA) is 71.2 Å². The van der Waals surface area contributed by atoms with Crippen LogP contribution < -0.4 is 11.1 Å². The number of anilines is 2.